The van der Waals surface area contributed by atoms with Gasteiger partial charge in [0.2, 0.25) is 0 Å². The van der Waals surface area contributed by atoms with Crippen molar-refractivity contribution in [2.24, 2.45) is 5.92 Å². The van der Waals surface area contributed by atoms with Gasteiger partial charge < -0.3 is 20.1 Å². The standard InChI is InChI=1S/C29H34N4OS/c1-20(2)8-10-23(16-22-19-30-26-7-5-4-6-25(22)26)31-29(34)28-17-21-9-11-24(18-27(21)35-28)33-14-12-32(3)13-15-33/h4-11,17-20,23,30H,12-16H2,1-3H3,(H,31,34)/b10-8+. The lowest BCUT2D eigenvalue weighted by Crippen LogP contribution is -2.44. The van der Waals surface area contributed by atoms with E-state index in [2.05, 4.69) is 95.7 Å². The lowest BCUT2D eigenvalue weighted by atomic mass is 10.0. The molecule has 2 aromatic carbocycles. The van der Waals surface area contributed by atoms with Crippen LogP contribution in [0, 0.1) is 5.92 Å². The molecule has 1 amide bonds. The van der Waals surface area contributed by atoms with Gasteiger partial charge in [0.25, 0.3) is 5.91 Å². The topological polar surface area (TPSA) is 51.4 Å². The van der Waals surface area contributed by atoms with Crippen molar-refractivity contribution in [3.05, 3.63) is 77.3 Å². The second kappa shape index (κ2) is 10.3. The maximum absolute atomic E-state index is 13.3. The number of anilines is 1. The monoisotopic (exact) mass is 486 g/mol. The molecule has 2 N–H and O–H groups in total. The number of aromatic amines is 1. The molecule has 4 aromatic rings. The first-order chi connectivity index (χ1) is 17.0. The normalized spacial score (nSPS) is 16.1. The maximum Gasteiger partial charge on any atom is 0.261 e. The molecule has 1 fully saturated rings. The van der Waals surface area contributed by atoms with Gasteiger partial charge in [-0.05, 0) is 54.6 Å². The molecule has 3 heterocycles. The van der Waals surface area contributed by atoms with Crippen LogP contribution in [0.5, 0.6) is 0 Å². The fourth-order valence-electron chi connectivity index (χ4n) is 4.69. The van der Waals surface area contributed by atoms with E-state index in [0.29, 0.717) is 5.92 Å². The Morgan fingerprint density at radius 1 is 1.09 bits per heavy atom. The number of amides is 1. The number of carbonyl (C=O) groups excluding carboxylic acids is 1. The number of carbonyl (C=O) groups is 1. The number of thiophene rings is 1. The van der Waals surface area contributed by atoms with Gasteiger partial charge in [-0.3, -0.25) is 4.79 Å². The van der Waals surface area contributed by atoms with E-state index in [4.69, 9.17) is 0 Å². The summed E-state index contributed by atoms with van der Waals surface area (Å²) >= 11 is 1.58. The second-order valence-corrected chi connectivity index (χ2v) is 11.0. The molecule has 1 saturated heterocycles. The number of hydrogen-bond donors (Lipinski definition) is 2. The minimum atomic E-state index is -0.0739. The van der Waals surface area contributed by atoms with Crippen molar-refractivity contribution in [3.63, 3.8) is 0 Å². The third-order valence-corrected chi connectivity index (χ3v) is 7.85. The van der Waals surface area contributed by atoms with Crippen molar-refractivity contribution < 1.29 is 4.79 Å². The third-order valence-electron chi connectivity index (χ3n) is 6.76. The van der Waals surface area contributed by atoms with Crippen molar-refractivity contribution in [2.45, 2.75) is 26.3 Å². The minimum Gasteiger partial charge on any atom is -0.369 e. The van der Waals surface area contributed by atoms with Gasteiger partial charge >= 0.3 is 0 Å². The Kier molecular flexibility index (Phi) is 6.93. The summed E-state index contributed by atoms with van der Waals surface area (Å²) in [5, 5.41) is 5.63. The first-order valence-electron chi connectivity index (χ1n) is 12.5. The fourth-order valence-corrected chi connectivity index (χ4v) is 5.69. The molecule has 35 heavy (non-hydrogen) atoms. The van der Waals surface area contributed by atoms with Crippen LogP contribution < -0.4 is 10.2 Å². The molecule has 5 rings (SSSR count). The molecule has 0 saturated carbocycles. The predicted octanol–water partition coefficient (Wildman–Crippen LogP) is 5.69. The van der Waals surface area contributed by atoms with Crippen molar-refractivity contribution in [2.75, 3.05) is 38.1 Å². The zero-order chi connectivity index (χ0) is 24.4. The summed E-state index contributed by atoms with van der Waals surface area (Å²) < 4.78 is 1.16. The Labute approximate surface area is 211 Å². The summed E-state index contributed by atoms with van der Waals surface area (Å²) in [6.07, 6.45) is 7.12. The van der Waals surface area contributed by atoms with E-state index in [9.17, 15) is 4.79 Å². The highest BCUT2D eigenvalue weighted by molar-refractivity contribution is 7.20. The summed E-state index contributed by atoms with van der Waals surface area (Å²) in [5.74, 6) is 0.417. The molecule has 6 heteroatoms. The molecule has 1 aliphatic rings. The number of allylic oxidation sites excluding steroid dienone is 1. The summed E-state index contributed by atoms with van der Waals surface area (Å²) in [5.41, 5.74) is 3.59. The van der Waals surface area contributed by atoms with E-state index in [1.54, 1.807) is 11.3 Å². The van der Waals surface area contributed by atoms with E-state index in [1.807, 2.05) is 12.1 Å². The van der Waals surface area contributed by atoms with Gasteiger partial charge in [-0.2, -0.15) is 0 Å². The van der Waals surface area contributed by atoms with Crippen molar-refractivity contribution in [1.82, 2.24) is 15.2 Å². The Bertz CT molecular complexity index is 1340. The number of H-pyrrole nitrogens is 1. The van der Waals surface area contributed by atoms with E-state index < -0.39 is 0 Å². The van der Waals surface area contributed by atoms with Crippen LogP contribution in [0.1, 0.15) is 29.1 Å². The Hall–Kier alpha value is -3.09. The number of piperazine rings is 1. The minimum absolute atomic E-state index is 0.00871. The molecule has 0 radical (unpaired) electrons. The van der Waals surface area contributed by atoms with E-state index >= 15 is 0 Å². The highest BCUT2D eigenvalue weighted by Crippen LogP contribution is 2.30. The van der Waals surface area contributed by atoms with Gasteiger partial charge in [0.15, 0.2) is 0 Å². The molecular formula is C29H34N4OS. The van der Waals surface area contributed by atoms with Gasteiger partial charge in [0.05, 0.1) is 10.9 Å². The van der Waals surface area contributed by atoms with Gasteiger partial charge in [-0.15, -0.1) is 11.3 Å². The van der Waals surface area contributed by atoms with Crippen molar-refractivity contribution in [1.29, 1.82) is 0 Å². The lowest BCUT2D eigenvalue weighted by molar-refractivity contribution is 0.0948. The average Bonchev–Trinajstić information content (AvgIpc) is 3.47. The van der Waals surface area contributed by atoms with Crippen LogP contribution in [0.4, 0.5) is 5.69 Å². The zero-order valence-electron chi connectivity index (χ0n) is 20.8. The van der Waals surface area contributed by atoms with Crippen molar-refractivity contribution in [3.8, 4) is 0 Å². The molecule has 1 unspecified atom stereocenters. The Balaban J connectivity index is 1.34. The predicted molar refractivity (Wildman–Crippen MR) is 149 cm³/mol. The molecule has 0 bridgehead atoms. The number of benzene rings is 2. The molecule has 2 aromatic heterocycles. The van der Waals surface area contributed by atoms with Crippen LogP contribution in [0.25, 0.3) is 21.0 Å². The quantitative estimate of drug-likeness (QED) is 0.330. The van der Waals surface area contributed by atoms with Crippen LogP contribution in [0.15, 0.2) is 66.9 Å². The number of nitrogens with zero attached hydrogens (tertiary/aromatic N) is 2. The Morgan fingerprint density at radius 2 is 1.89 bits per heavy atom. The molecule has 1 atom stereocenters. The van der Waals surface area contributed by atoms with Crippen LogP contribution >= 0.6 is 11.3 Å². The molecule has 0 spiro atoms. The number of aromatic nitrogens is 1. The molecule has 0 aliphatic carbocycles. The van der Waals surface area contributed by atoms with Gasteiger partial charge in [0, 0.05) is 53.7 Å². The number of fused-ring (bicyclic) bond motifs is 2. The first kappa shape index (κ1) is 23.6. The summed E-state index contributed by atoms with van der Waals surface area (Å²) in [6, 6.07) is 16.9. The molecule has 1 aliphatic heterocycles. The van der Waals surface area contributed by atoms with Crippen LogP contribution in [-0.2, 0) is 6.42 Å². The SMILES string of the molecule is CC(C)/C=C/C(Cc1c[nH]c2ccccc12)NC(=O)c1cc2ccc(N3CCN(C)CC3)cc2s1. The molecular weight excluding hydrogens is 452 g/mol. The number of hydrogen-bond acceptors (Lipinski definition) is 4. The maximum atomic E-state index is 13.3. The summed E-state index contributed by atoms with van der Waals surface area (Å²) in [4.78, 5) is 22.2. The number of para-hydroxylation sites is 1. The van der Waals surface area contributed by atoms with Crippen LogP contribution in [0.3, 0.4) is 0 Å². The van der Waals surface area contributed by atoms with Crippen LogP contribution in [0.2, 0.25) is 0 Å². The number of nitrogens with one attached hydrogen (secondary N) is 2. The second-order valence-electron chi connectivity index (χ2n) is 9.90. The first-order valence-corrected chi connectivity index (χ1v) is 13.3. The molecule has 182 valence electrons. The largest absolute Gasteiger partial charge is 0.369 e. The smallest absolute Gasteiger partial charge is 0.261 e. The Morgan fingerprint density at radius 3 is 2.69 bits per heavy atom. The summed E-state index contributed by atoms with van der Waals surface area (Å²) in [7, 11) is 2.17. The van der Waals surface area contributed by atoms with E-state index in [1.165, 1.54) is 16.6 Å². The van der Waals surface area contributed by atoms with Crippen LogP contribution in [-0.4, -0.2) is 55.1 Å². The summed E-state index contributed by atoms with van der Waals surface area (Å²) in [6.45, 7) is 8.56. The molecule has 5 nitrogen and oxygen atoms in total. The van der Waals surface area contributed by atoms with Crippen molar-refractivity contribution >= 4 is 43.9 Å². The number of rotatable bonds is 7. The van der Waals surface area contributed by atoms with Gasteiger partial charge in [-0.1, -0.05) is 50.3 Å². The zero-order valence-corrected chi connectivity index (χ0v) is 21.6. The lowest BCUT2D eigenvalue weighted by Gasteiger charge is -2.34. The third kappa shape index (κ3) is 5.44. The highest BCUT2D eigenvalue weighted by Gasteiger charge is 2.18. The highest BCUT2D eigenvalue weighted by atomic mass is 32.1. The fraction of sp³-hybridized carbons (Fsp3) is 0.345. The average molecular weight is 487 g/mol. The van der Waals surface area contributed by atoms with Gasteiger partial charge in [-0.25, -0.2) is 0 Å². The number of likely N-dealkylation sites (N-methyl/N-ethyl adjacent to an activating group) is 1. The van der Waals surface area contributed by atoms with E-state index in [0.717, 1.165) is 53.1 Å². The van der Waals surface area contributed by atoms with E-state index in [-0.39, 0.29) is 11.9 Å². The van der Waals surface area contributed by atoms with Gasteiger partial charge in [0.1, 0.15) is 0 Å².